The number of carbonyl (C=O) groups excluding carboxylic acids is 1. The maximum Gasteiger partial charge on any atom is 0.230 e. The van der Waals surface area contributed by atoms with Crippen LogP contribution in [0.4, 0.5) is 4.39 Å². The molecule has 1 amide bonds. The third-order valence-electron chi connectivity index (χ3n) is 5.43. The summed E-state index contributed by atoms with van der Waals surface area (Å²) in [5, 5.41) is 6.63. The van der Waals surface area contributed by atoms with Crippen molar-refractivity contribution in [2.75, 3.05) is 13.1 Å². The van der Waals surface area contributed by atoms with Gasteiger partial charge in [0.2, 0.25) is 5.91 Å². The van der Waals surface area contributed by atoms with Gasteiger partial charge in [-0.25, -0.2) is 4.39 Å². The predicted molar refractivity (Wildman–Crippen MR) is 85.1 cm³/mol. The fourth-order valence-corrected chi connectivity index (χ4v) is 3.88. The first kappa shape index (κ1) is 15.5. The highest BCUT2D eigenvalue weighted by atomic mass is 19.1. The van der Waals surface area contributed by atoms with Crippen molar-refractivity contribution in [3.8, 4) is 0 Å². The van der Waals surface area contributed by atoms with Crippen LogP contribution in [0.5, 0.6) is 0 Å². The standard InChI is InChI=1S/C18H25FN2O/c1-13-8-11-20-12-16(13)21-17(22)18(9-2-3-10-18)14-4-6-15(19)7-5-14/h4-7,13,16,20H,2-3,8-12H2,1H3,(H,21,22). The van der Waals surface area contributed by atoms with E-state index in [1.165, 1.54) is 12.1 Å². The third kappa shape index (κ3) is 2.89. The van der Waals surface area contributed by atoms with Gasteiger partial charge in [0, 0.05) is 12.6 Å². The molecule has 22 heavy (non-hydrogen) atoms. The van der Waals surface area contributed by atoms with Gasteiger partial charge in [0.15, 0.2) is 0 Å². The van der Waals surface area contributed by atoms with Crippen LogP contribution >= 0.6 is 0 Å². The number of rotatable bonds is 3. The van der Waals surface area contributed by atoms with Crippen LogP contribution in [0.15, 0.2) is 24.3 Å². The largest absolute Gasteiger partial charge is 0.351 e. The Morgan fingerprint density at radius 3 is 2.59 bits per heavy atom. The molecule has 3 rings (SSSR count). The summed E-state index contributed by atoms with van der Waals surface area (Å²) >= 11 is 0. The van der Waals surface area contributed by atoms with Crippen LogP contribution in [-0.2, 0) is 10.2 Å². The molecule has 2 unspecified atom stereocenters. The van der Waals surface area contributed by atoms with Crippen LogP contribution < -0.4 is 10.6 Å². The lowest BCUT2D eigenvalue weighted by Gasteiger charge is -2.35. The normalized spacial score (nSPS) is 27.5. The monoisotopic (exact) mass is 304 g/mol. The Morgan fingerprint density at radius 2 is 1.95 bits per heavy atom. The first-order chi connectivity index (χ1) is 10.6. The van der Waals surface area contributed by atoms with Gasteiger partial charge in [0.1, 0.15) is 5.82 Å². The molecule has 2 N–H and O–H groups in total. The fraction of sp³-hybridized carbons (Fsp3) is 0.611. The molecular formula is C18H25FN2O. The Kier molecular flexibility index (Phi) is 4.48. The molecule has 1 heterocycles. The van der Waals surface area contributed by atoms with E-state index < -0.39 is 5.41 Å². The van der Waals surface area contributed by atoms with Gasteiger partial charge >= 0.3 is 0 Å². The molecule has 1 aromatic carbocycles. The highest BCUT2D eigenvalue weighted by molar-refractivity contribution is 5.88. The summed E-state index contributed by atoms with van der Waals surface area (Å²) in [6.45, 7) is 4.06. The zero-order valence-electron chi connectivity index (χ0n) is 13.2. The lowest BCUT2D eigenvalue weighted by atomic mass is 9.77. The van der Waals surface area contributed by atoms with E-state index in [1.54, 1.807) is 12.1 Å². The van der Waals surface area contributed by atoms with Gasteiger partial charge in [0.25, 0.3) is 0 Å². The minimum absolute atomic E-state index is 0.122. The molecule has 120 valence electrons. The van der Waals surface area contributed by atoms with Gasteiger partial charge in [-0.15, -0.1) is 0 Å². The summed E-state index contributed by atoms with van der Waals surface area (Å²) in [5.74, 6) is 0.372. The molecule has 0 spiro atoms. The van der Waals surface area contributed by atoms with Crippen LogP contribution in [0.25, 0.3) is 0 Å². The lowest BCUT2D eigenvalue weighted by molar-refractivity contribution is -0.127. The Balaban J connectivity index is 1.81. The van der Waals surface area contributed by atoms with Crippen LogP contribution in [0, 0.1) is 11.7 Å². The minimum Gasteiger partial charge on any atom is -0.351 e. The average Bonchev–Trinajstić information content (AvgIpc) is 3.01. The van der Waals surface area contributed by atoms with E-state index in [0.29, 0.717) is 5.92 Å². The molecule has 0 bridgehead atoms. The molecule has 3 nitrogen and oxygen atoms in total. The molecule has 1 saturated carbocycles. The van der Waals surface area contributed by atoms with Gasteiger partial charge in [0.05, 0.1) is 5.41 Å². The third-order valence-corrected chi connectivity index (χ3v) is 5.43. The summed E-state index contributed by atoms with van der Waals surface area (Å²) in [5.41, 5.74) is 0.491. The van der Waals surface area contributed by atoms with Gasteiger partial charge in [-0.1, -0.05) is 31.9 Å². The Bertz CT molecular complexity index is 522. The maximum absolute atomic E-state index is 13.2. The molecule has 0 aromatic heterocycles. The number of carbonyl (C=O) groups is 1. The molecule has 1 aliphatic carbocycles. The first-order valence-corrected chi connectivity index (χ1v) is 8.39. The molecule has 4 heteroatoms. The zero-order chi connectivity index (χ0) is 15.6. The summed E-state index contributed by atoms with van der Waals surface area (Å²) in [6, 6.07) is 6.69. The Labute approximate surface area is 131 Å². The second-order valence-electron chi connectivity index (χ2n) is 6.85. The van der Waals surface area contributed by atoms with E-state index in [-0.39, 0.29) is 17.8 Å². The molecule has 2 atom stereocenters. The van der Waals surface area contributed by atoms with Crippen LogP contribution in [0.1, 0.15) is 44.6 Å². The molecule has 0 radical (unpaired) electrons. The quantitative estimate of drug-likeness (QED) is 0.901. The fourth-order valence-electron chi connectivity index (χ4n) is 3.88. The molecular weight excluding hydrogens is 279 g/mol. The number of piperidine rings is 1. The van der Waals surface area contributed by atoms with Gasteiger partial charge in [-0.3, -0.25) is 4.79 Å². The van der Waals surface area contributed by atoms with E-state index in [1.807, 2.05) is 0 Å². The number of hydrogen-bond donors (Lipinski definition) is 2. The molecule has 1 saturated heterocycles. The van der Waals surface area contributed by atoms with Gasteiger partial charge in [-0.2, -0.15) is 0 Å². The highest BCUT2D eigenvalue weighted by Gasteiger charge is 2.43. The second kappa shape index (κ2) is 6.37. The van der Waals surface area contributed by atoms with E-state index in [0.717, 1.165) is 50.8 Å². The average molecular weight is 304 g/mol. The lowest BCUT2D eigenvalue weighted by Crippen LogP contribution is -2.54. The minimum atomic E-state index is -0.467. The van der Waals surface area contributed by atoms with E-state index in [2.05, 4.69) is 17.6 Å². The second-order valence-corrected chi connectivity index (χ2v) is 6.85. The SMILES string of the molecule is CC1CCNCC1NC(=O)C1(c2ccc(F)cc2)CCCC1. The van der Waals surface area contributed by atoms with Crippen molar-refractivity contribution in [2.24, 2.45) is 5.92 Å². The van der Waals surface area contributed by atoms with Crippen molar-refractivity contribution in [1.82, 2.24) is 10.6 Å². The summed E-state index contributed by atoms with van der Waals surface area (Å²) < 4.78 is 13.2. The Hall–Kier alpha value is -1.42. The van der Waals surface area contributed by atoms with Gasteiger partial charge < -0.3 is 10.6 Å². The highest BCUT2D eigenvalue weighted by Crippen LogP contribution is 2.41. The maximum atomic E-state index is 13.2. The topological polar surface area (TPSA) is 41.1 Å². The van der Waals surface area contributed by atoms with Crippen molar-refractivity contribution in [2.45, 2.75) is 50.5 Å². The van der Waals surface area contributed by atoms with E-state index in [9.17, 15) is 9.18 Å². The number of hydrogen-bond acceptors (Lipinski definition) is 2. The van der Waals surface area contributed by atoms with Crippen molar-refractivity contribution < 1.29 is 9.18 Å². The van der Waals surface area contributed by atoms with Crippen molar-refractivity contribution >= 4 is 5.91 Å². The van der Waals surface area contributed by atoms with Crippen molar-refractivity contribution in [3.63, 3.8) is 0 Å². The first-order valence-electron chi connectivity index (χ1n) is 8.39. The van der Waals surface area contributed by atoms with Gasteiger partial charge in [-0.05, 0) is 49.4 Å². The molecule has 2 fully saturated rings. The predicted octanol–water partition coefficient (Wildman–Crippen LogP) is 2.75. The number of nitrogens with one attached hydrogen (secondary N) is 2. The van der Waals surface area contributed by atoms with Crippen molar-refractivity contribution in [3.05, 3.63) is 35.6 Å². The number of benzene rings is 1. The van der Waals surface area contributed by atoms with Crippen LogP contribution in [0.2, 0.25) is 0 Å². The van der Waals surface area contributed by atoms with Crippen molar-refractivity contribution in [1.29, 1.82) is 0 Å². The summed E-state index contributed by atoms with van der Waals surface area (Å²) in [7, 11) is 0. The smallest absolute Gasteiger partial charge is 0.230 e. The zero-order valence-corrected chi connectivity index (χ0v) is 13.2. The molecule has 1 aromatic rings. The molecule has 2 aliphatic rings. The Morgan fingerprint density at radius 1 is 1.27 bits per heavy atom. The summed E-state index contributed by atoms with van der Waals surface area (Å²) in [6.07, 6.45) is 4.93. The van der Waals surface area contributed by atoms with Crippen LogP contribution in [0.3, 0.4) is 0 Å². The number of amides is 1. The summed E-state index contributed by atoms with van der Waals surface area (Å²) in [4.78, 5) is 13.0. The molecule has 1 aliphatic heterocycles. The number of halogens is 1. The van der Waals surface area contributed by atoms with E-state index in [4.69, 9.17) is 0 Å². The van der Waals surface area contributed by atoms with Crippen LogP contribution in [-0.4, -0.2) is 25.0 Å². The van der Waals surface area contributed by atoms with E-state index >= 15 is 0 Å².